The molecule has 2 heterocycles. The van der Waals surface area contributed by atoms with Crippen LogP contribution < -0.4 is 14.8 Å². The number of alkyl halides is 3. The summed E-state index contributed by atoms with van der Waals surface area (Å²) in [5, 5.41) is 3.46. The Kier molecular flexibility index (Phi) is 6.40. The first-order valence-electron chi connectivity index (χ1n) is 8.97. The number of rotatable bonds is 7. The highest BCUT2D eigenvalue weighted by molar-refractivity contribution is 5.91. The summed E-state index contributed by atoms with van der Waals surface area (Å²) in [5.74, 6) is -0.363. The van der Waals surface area contributed by atoms with E-state index in [4.69, 9.17) is 14.2 Å². The van der Waals surface area contributed by atoms with Gasteiger partial charge in [0.25, 0.3) is 0 Å². The lowest BCUT2D eigenvalue weighted by atomic mass is 10.2. The van der Waals surface area contributed by atoms with Gasteiger partial charge in [0, 0.05) is 31.1 Å². The van der Waals surface area contributed by atoms with Crippen LogP contribution in [0.4, 0.5) is 19.0 Å². The number of morpholine rings is 1. The molecule has 1 aliphatic heterocycles. The Bertz CT molecular complexity index is 811. The Morgan fingerprint density at radius 2 is 1.79 bits per heavy atom. The molecular weight excluding hydrogens is 377 g/mol. The van der Waals surface area contributed by atoms with Gasteiger partial charge in [-0.3, -0.25) is 4.90 Å². The van der Waals surface area contributed by atoms with Crippen LogP contribution in [-0.2, 0) is 10.9 Å². The molecule has 0 amide bonds. The maximum Gasteiger partial charge on any atom is 0.451 e. The molecule has 28 heavy (non-hydrogen) atoms. The van der Waals surface area contributed by atoms with Crippen LogP contribution in [0.2, 0.25) is 0 Å². The number of halogens is 3. The molecule has 0 atom stereocenters. The number of ether oxygens (including phenoxy) is 3. The molecule has 10 heteroatoms. The van der Waals surface area contributed by atoms with Crippen molar-refractivity contribution < 1.29 is 27.4 Å². The van der Waals surface area contributed by atoms with Gasteiger partial charge in [0.15, 0.2) is 11.5 Å². The molecule has 1 saturated heterocycles. The van der Waals surface area contributed by atoms with E-state index in [1.165, 1.54) is 20.3 Å². The van der Waals surface area contributed by atoms with E-state index < -0.39 is 12.0 Å². The maximum atomic E-state index is 13.2. The quantitative estimate of drug-likeness (QED) is 0.717. The molecule has 1 aliphatic rings. The molecule has 0 unspecified atom stereocenters. The second-order valence-electron chi connectivity index (χ2n) is 6.35. The largest absolute Gasteiger partial charge is 0.493 e. The Morgan fingerprint density at radius 1 is 1.11 bits per heavy atom. The fourth-order valence-electron chi connectivity index (χ4n) is 3.05. The molecule has 0 bridgehead atoms. The summed E-state index contributed by atoms with van der Waals surface area (Å²) in [4.78, 5) is 9.63. The van der Waals surface area contributed by atoms with E-state index in [0.29, 0.717) is 36.6 Å². The molecule has 2 aromatic rings. The number of methoxy groups -OCH3 is 2. The molecule has 0 aliphatic carbocycles. The summed E-state index contributed by atoms with van der Waals surface area (Å²) in [6.45, 7) is 4.47. The van der Waals surface area contributed by atoms with Crippen molar-refractivity contribution in [1.82, 2.24) is 14.9 Å². The van der Waals surface area contributed by atoms with E-state index >= 15 is 0 Å². The summed E-state index contributed by atoms with van der Waals surface area (Å²) in [5.41, 5.74) is 0.135. The predicted molar refractivity (Wildman–Crippen MR) is 98.0 cm³/mol. The number of hydrogen-bond acceptors (Lipinski definition) is 7. The lowest BCUT2D eigenvalue weighted by Gasteiger charge is -2.26. The van der Waals surface area contributed by atoms with Crippen LogP contribution in [0.3, 0.4) is 0 Å². The third-order valence-electron chi connectivity index (χ3n) is 4.50. The minimum Gasteiger partial charge on any atom is -0.493 e. The summed E-state index contributed by atoms with van der Waals surface area (Å²) in [6, 6.07) is 3.00. The van der Waals surface area contributed by atoms with Crippen molar-refractivity contribution in [3.63, 3.8) is 0 Å². The second-order valence-corrected chi connectivity index (χ2v) is 6.35. The molecule has 7 nitrogen and oxygen atoms in total. The van der Waals surface area contributed by atoms with E-state index in [1.807, 2.05) is 0 Å². The smallest absolute Gasteiger partial charge is 0.451 e. The fourth-order valence-corrected chi connectivity index (χ4v) is 3.05. The number of benzene rings is 1. The number of hydrogen-bond donors (Lipinski definition) is 1. The molecule has 0 radical (unpaired) electrons. The molecule has 154 valence electrons. The highest BCUT2D eigenvalue weighted by Crippen LogP contribution is 2.36. The van der Waals surface area contributed by atoms with Gasteiger partial charge in [0.1, 0.15) is 5.82 Å². The molecule has 1 aromatic carbocycles. The zero-order valence-electron chi connectivity index (χ0n) is 15.8. The molecule has 1 N–H and O–H groups in total. The van der Waals surface area contributed by atoms with Gasteiger partial charge in [-0.15, -0.1) is 0 Å². The minimum atomic E-state index is -4.65. The molecule has 0 spiro atoms. The van der Waals surface area contributed by atoms with Crippen molar-refractivity contribution in [2.45, 2.75) is 12.6 Å². The van der Waals surface area contributed by atoms with Crippen molar-refractivity contribution in [2.24, 2.45) is 0 Å². The monoisotopic (exact) mass is 400 g/mol. The summed E-state index contributed by atoms with van der Waals surface area (Å²) in [7, 11) is 2.88. The van der Waals surface area contributed by atoms with Gasteiger partial charge in [-0.2, -0.15) is 13.2 Å². The van der Waals surface area contributed by atoms with Gasteiger partial charge in [-0.25, -0.2) is 9.97 Å². The van der Waals surface area contributed by atoms with Gasteiger partial charge in [0.05, 0.1) is 33.0 Å². The third-order valence-corrected chi connectivity index (χ3v) is 4.50. The summed E-state index contributed by atoms with van der Waals surface area (Å²) < 4.78 is 55.4. The Balaban J connectivity index is 1.83. The van der Waals surface area contributed by atoms with Crippen LogP contribution in [-0.4, -0.2) is 68.5 Å². The van der Waals surface area contributed by atoms with Crippen LogP contribution >= 0.6 is 0 Å². The van der Waals surface area contributed by atoms with E-state index in [9.17, 15) is 13.2 Å². The van der Waals surface area contributed by atoms with Crippen molar-refractivity contribution in [3.8, 4) is 11.5 Å². The Morgan fingerprint density at radius 3 is 2.43 bits per heavy atom. The van der Waals surface area contributed by atoms with Crippen LogP contribution in [0.15, 0.2) is 12.1 Å². The van der Waals surface area contributed by atoms with Crippen LogP contribution in [0.25, 0.3) is 10.9 Å². The highest BCUT2D eigenvalue weighted by Gasteiger charge is 2.35. The van der Waals surface area contributed by atoms with Gasteiger partial charge in [0.2, 0.25) is 5.82 Å². The number of anilines is 1. The average molecular weight is 400 g/mol. The first-order valence-corrected chi connectivity index (χ1v) is 8.97. The van der Waals surface area contributed by atoms with Crippen molar-refractivity contribution in [1.29, 1.82) is 0 Å². The lowest BCUT2D eigenvalue weighted by Crippen LogP contribution is -2.37. The normalized spacial score (nSPS) is 15.6. The zero-order chi connectivity index (χ0) is 20.1. The number of nitrogens with one attached hydrogen (secondary N) is 1. The average Bonchev–Trinajstić information content (AvgIpc) is 2.69. The predicted octanol–water partition coefficient (Wildman–Crippen LogP) is 2.80. The fraction of sp³-hybridized carbons (Fsp3) is 0.556. The van der Waals surface area contributed by atoms with E-state index in [-0.39, 0.29) is 11.3 Å². The molecule has 1 fully saturated rings. The number of nitrogens with zero attached hydrogens (tertiary/aromatic N) is 3. The summed E-state index contributed by atoms with van der Waals surface area (Å²) in [6.07, 6.45) is -3.88. The van der Waals surface area contributed by atoms with Gasteiger partial charge in [-0.1, -0.05) is 0 Å². The van der Waals surface area contributed by atoms with Crippen LogP contribution in [0, 0.1) is 0 Å². The van der Waals surface area contributed by atoms with Crippen molar-refractivity contribution in [3.05, 3.63) is 18.0 Å². The SMILES string of the molecule is COc1cc2nc(C(F)(F)F)nc(NCCCN3CCOCC3)c2cc1OC. The molecule has 0 saturated carbocycles. The molecular formula is C18H23F3N4O3. The van der Waals surface area contributed by atoms with Crippen molar-refractivity contribution >= 4 is 16.7 Å². The first kappa shape index (κ1) is 20.4. The van der Waals surface area contributed by atoms with Crippen molar-refractivity contribution in [2.75, 3.05) is 58.9 Å². The standard InChI is InChI=1S/C18H23F3N4O3/c1-26-14-10-12-13(11-15(14)27-2)23-17(18(19,20)21)24-16(12)22-4-3-5-25-6-8-28-9-7-25/h10-11H,3-9H2,1-2H3,(H,22,23,24). The Labute approximate surface area is 160 Å². The number of fused-ring (bicyclic) bond motifs is 1. The maximum absolute atomic E-state index is 13.2. The number of aromatic nitrogens is 2. The topological polar surface area (TPSA) is 68.7 Å². The highest BCUT2D eigenvalue weighted by atomic mass is 19.4. The summed E-state index contributed by atoms with van der Waals surface area (Å²) >= 11 is 0. The second kappa shape index (κ2) is 8.78. The van der Waals surface area contributed by atoms with Gasteiger partial charge >= 0.3 is 6.18 Å². The molecule has 1 aromatic heterocycles. The lowest BCUT2D eigenvalue weighted by molar-refractivity contribution is -0.144. The van der Waals surface area contributed by atoms with Gasteiger partial charge in [-0.05, 0) is 19.0 Å². The zero-order valence-corrected chi connectivity index (χ0v) is 15.8. The van der Waals surface area contributed by atoms with Crippen LogP contribution in [0.5, 0.6) is 11.5 Å². The van der Waals surface area contributed by atoms with E-state index in [0.717, 1.165) is 26.1 Å². The Hall–Kier alpha value is -2.33. The van der Waals surface area contributed by atoms with Gasteiger partial charge < -0.3 is 19.5 Å². The minimum absolute atomic E-state index is 0.125. The van der Waals surface area contributed by atoms with Crippen LogP contribution in [0.1, 0.15) is 12.2 Å². The van der Waals surface area contributed by atoms with E-state index in [2.05, 4.69) is 20.2 Å². The third kappa shape index (κ3) is 4.74. The van der Waals surface area contributed by atoms with E-state index in [1.54, 1.807) is 6.07 Å². The first-order chi connectivity index (χ1) is 13.4. The molecule has 3 rings (SSSR count).